The van der Waals surface area contributed by atoms with Crippen molar-refractivity contribution < 1.29 is 9.53 Å². The molecule has 1 aromatic heterocycles. The zero-order chi connectivity index (χ0) is 14.1. The van der Waals surface area contributed by atoms with E-state index in [4.69, 9.17) is 4.74 Å². The Morgan fingerprint density at radius 1 is 1.42 bits per heavy atom. The highest BCUT2D eigenvalue weighted by atomic mass is 32.2. The second-order valence-corrected chi connectivity index (χ2v) is 5.24. The number of unbranched alkanes of at least 4 members (excludes halogenated alkanes) is 2. The Balaban J connectivity index is 2.14. The van der Waals surface area contributed by atoms with Crippen LogP contribution in [0.3, 0.4) is 0 Å². The van der Waals surface area contributed by atoms with E-state index in [1.807, 2.05) is 6.92 Å². The molecule has 0 saturated carbocycles. The molecule has 0 atom stereocenters. The van der Waals surface area contributed by atoms with Crippen molar-refractivity contribution in [2.24, 2.45) is 0 Å². The lowest BCUT2D eigenvalue weighted by molar-refractivity contribution is -0.143. The molecule has 1 rings (SSSR count). The molecular weight excluding hydrogens is 264 g/mol. The van der Waals surface area contributed by atoms with Crippen molar-refractivity contribution in [2.45, 2.75) is 44.7 Å². The van der Waals surface area contributed by atoms with E-state index in [1.54, 1.807) is 6.92 Å². The molecule has 0 aliphatic carbocycles. The van der Waals surface area contributed by atoms with Crippen LogP contribution in [-0.4, -0.2) is 28.3 Å². The number of esters is 1. The van der Waals surface area contributed by atoms with Crippen LogP contribution in [-0.2, 0) is 9.53 Å². The summed E-state index contributed by atoms with van der Waals surface area (Å²) in [6.07, 6.45) is 3.29. The van der Waals surface area contributed by atoms with Gasteiger partial charge in [-0.15, -0.1) is 0 Å². The second kappa shape index (κ2) is 8.74. The molecule has 0 aliphatic rings. The van der Waals surface area contributed by atoms with Crippen LogP contribution in [0.5, 0.6) is 0 Å². The molecule has 0 bridgehead atoms. The largest absolute Gasteiger partial charge is 0.466 e. The topological polar surface area (TPSA) is 72.0 Å². The highest BCUT2D eigenvalue weighted by Gasteiger charge is 2.02. The first kappa shape index (κ1) is 15.8. The van der Waals surface area contributed by atoms with Crippen LogP contribution in [0, 0.1) is 6.92 Å². The fourth-order valence-electron chi connectivity index (χ4n) is 1.57. The molecule has 0 saturated heterocycles. The van der Waals surface area contributed by atoms with Crippen molar-refractivity contribution in [3.8, 4) is 0 Å². The number of aryl methyl sites for hydroxylation is 1. The van der Waals surface area contributed by atoms with Crippen LogP contribution >= 0.6 is 11.8 Å². The van der Waals surface area contributed by atoms with Gasteiger partial charge in [0.2, 0.25) is 0 Å². The molecule has 106 valence electrons. The molecule has 5 nitrogen and oxygen atoms in total. The number of rotatable bonds is 8. The van der Waals surface area contributed by atoms with E-state index < -0.39 is 0 Å². The highest BCUT2D eigenvalue weighted by Crippen LogP contribution is 2.14. The Morgan fingerprint density at radius 3 is 2.89 bits per heavy atom. The van der Waals surface area contributed by atoms with Gasteiger partial charge in [-0.2, -0.15) is 0 Å². The van der Waals surface area contributed by atoms with E-state index in [9.17, 15) is 9.59 Å². The first-order valence-corrected chi connectivity index (χ1v) is 7.46. The van der Waals surface area contributed by atoms with Gasteiger partial charge >= 0.3 is 5.97 Å². The number of ether oxygens (including phenoxy) is 1. The van der Waals surface area contributed by atoms with Crippen molar-refractivity contribution in [1.82, 2.24) is 9.97 Å². The molecule has 0 spiro atoms. The summed E-state index contributed by atoms with van der Waals surface area (Å²) in [6, 6.07) is 1.48. The summed E-state index contributed by atoms with van der Waals surface area (Å²) in [7, 11) is 0. The number of nitrogens with one attached hydrogen (secondary N) is 1. The summed E-state index contributed by atoms with van der Waals surface area (Å²) in [5.74, 6) is 0.759. The fraction of sp³-hybridized carbons (Fsp3) is 0.615. The van der Waals surface area contributed by atoms with Gasteiger partial charge in [0.15, 0.2) is 5.16 Å². The maximum Gasteiger partial charge on any atom is 0.305 e. The molecule has 1 heterocycles. The lowest BCUT2D eigenvalue weighted by Crippen LogP contribution is -2.08. The van der Waals surface area contributed by atoms with E-state index in [0.29, 0.717) is 18.2 Å². The third-order valence-electron chi connectivity index (χ3n) is 2.42. The number of hydrogen-bond donors (Lipinski definition) is 1. The minimum Gasteiger partial charge on any atom is -0.466 e. The van der Waals surface area contributed by atoms with Gasteiger partial charge < -0.3 is 9.72 Å². The summed E-state index contributed by atoms with van der Waals surface area (Å²) in [6.45, 7) is 4.06. The van der Waals surface area contributed by atoms with Crippen LogP contribution < -0.4 is 5.56 Å². The summed E-state index contributed by atoms with van der Waals surface area (Å²) >= 11 is 1.54. The standard InChI is InChI=1S/C13H20N2O3S/c1-3-18-12(17)7-5-4-6-8-19-13-14-10(2)9-11(16)15-13/h9H,3-8H2,1-2H3,(H,14,15,16). The van der Waals surface area contributed by atoms with Crippen LogP contribution in [0.15, 0.2) is 16.0 Å². The van der Waals surface area contributed by atoms with E-state index in [-0.39, 0.29) is 11.5 Å². The van der Waals surface area contributed by atoms with E-state index in [1.165, 1.54) is 17.8 Å². The van der Waals surface area contributed by atoms with Crippen molar-refractivity contribution in [1.29, 1.82) is 0 Å². The Kier molecular flexibility index (Phi) is 7.25. The van der Waals surface area contributed by atoms with Gasteiger partial charge in [-0.25, -0.2) is 4.98 Å². The molecule has 0 unspecified atom stereocenters. The van der Waals surface area contributed by atoms with Crippen LogP contribution in [0.4, 0.5) is 0 Å². The number of nitrogens with zero attached hydrogens (tertiary/aromatic N) is 1. The summed E-state index contributed by atoms with van der Waals surface area (Å²) in [5, 5.41) is 0.662. The Labute approximate surface area is 117 Å². The summed E-state index contributed by atoms with van der Waals surface area (Å²) in [4.78, 5) is 29.3. The third-order valence-corrected chi connectivity index (χ3v) is 3.38. The van der Waals surface area contributed by atoms with Gasteiger partial charge in [0, 0.05) is 23.9 Å². The number of H-pyrrole nitrogens is 1. The number of hydrogen-bond acceptors (Lipinski definition) is 5. The molecule has 19 heavy (non-hydrogen) atoms. The van der Waals surface area contributed by atoms with Crippen molar-refractivity contribution in [3.63, 3.8) is 0 Å². The quantitative estimate of drug-likeness (QED) is 0.343. The Hall–Kier alpha value is -1.30. The highest BCUT2D eigenvalue weighted by molar-refractivity contribution is 7.99. The first-order chi connectivity index (χ1) is 9.11. The fourth-order valence-corrected chi connectivity index (χ4v) is 2.49. The summed E-state index contributed by atoms with van der Waals surface area (Å²) < 4.78 is 4.85. The minimum atomic E-state index is -0.125. The molecule has 0 amide bonds. The smallest absolute Gasteiger partial charge is 0.305 e. The Morgan fingerprint density at radius 2 is 2.21 bits per heavy atom. The van der Waals surface area contributed by atoms with Crippen molar-refractivity contribution in [3.05, 3.63) is 22.1 Å². The van der Waals surface area contributed by atoms with E-state index in [2.05, 4.69) is 9.97 Å². The molecule has 0 fully saturated rings. The number of carbonyl (C=O) groups excluding carboxylic acids is 1. The van der Waals surface area contributed by atoms with E-state index in [0.717, 1.165) is 30.7 Å². The molecule has 0 aliphatic heterocycles. The SMILES string of the molecule is CCOC(=O)CCCCCSc1nc(C)cc(=O)[nH]1. The third kappa shape index (κ3) is 7.00. The monoisotopic (exact) mass is 284 g/mol. The maximum atomic E-state index is 11.2. The first-order valence-electron chi connectivity index (χ1n) is 6.48. The molecule has 6 heteroatoms. The van der Waals surface area contributed by atoms with Crippen molar-refractivity contribution >= 4 is 17.7 Å². The second-order valence-electron chi connectivity index (χ2n) is 4.16. The lowest BCUT2D eigenvalue weighted by atomic mass is 10.2. The van der Waals surface area contributed by atoms with Gasteiger partial charge in [-0.1, -0.05) is 18.2 Å². The zero-order valence-electron chi connectivity index (χ0n) is 11.4. The molecular formula is C13H20N2O3S. The van der Waals surface area contributed by atoms with Gasteiger partial charge in [0.05, 0.1) is 6.61 Å². The van der Waals surface area contributed by atoms with Crippen molar-refractivity contribution in [2.75, 3.05) is 12.4 Å². The molecule has 1 N–H and O–H groups in total. The number of carbonyl (C=O) groups is 1. The maximum absolute atomic E-state index is 11.2. The van der Waals surface area contributed by atoms with E-state index >= 15 is 0 Å². The van der Waals surface area contributed by atoms with Crippen LogP contribution in [0.25, 0.3) is 0 Å². The zero-order valence-corrected chi connectivity index (χ0v) is 12.2. The van der Waals surface area contributed by atoms with Gasteiger partial charge in [0.1, 0.15) is 0 Å². The van der Waals surface area contributed by atoms with Crippen LogP contribution in [0.2, 0.25) is 0 Å². The van der Waals surface area contributed by atoms with Gasteiger partial charge in [-0.05, 0) is 26.7 Å². The molecule has 0 aromatic carbocycles. The predicted molar refractivity (Wildman–Crippen MR) is 75.4 cm³/mol. The lowest BCUT2D eigenvalue weighted by Gasteiger charge is -2.03. The summed E-state index contributed by atoms with van der Waals surface area (Å²) in [5.41, 5.74) is 0.617. The minimum absolute atomic E-state index is 0.114. The average molecular weight is 284 g/mol. The Bertz CT molecular complexity index is 459. The van der Waals surface area contributed by atoms with Gasteiger partial charge in [0.25, 0.3) is 5.56 Å². The number of aromatic amines is 1. The number of thioether (sulfide) groups is 1. The van der Waals surface area contributed by atoms with Gasteiger partial charge in [-0.3, -0.25) is 9.59 Å². The van der Waals surface area contributed by atoms with Crippen LogP contribution in [0.1, 0.15) is 38.3 Å². The average Bonchev–Trinajstić information content (AvgIpc) is 2.32. The molecule has 1 aromatic rings. The predicted octanol–water partition coefficient (Wildman–Crippen LogP) is 2.29. The number of aromatic nitrogens is 2. The molecule has 0 radical (unpaired) electrons. The normalized spacial score (nSPS) is 10.4.